The molecule has 3 aromatic heterocycles. The lowest BCUT2D eigenvalue weighted by Gasteiger charge is -2.09. The van der Waals surface area contributed by atoms with Crippen molar-refractivity contribution in [3.05, 3.63) is 48.6 Å². The minimum atomic E-state index is 0.790. The van der Waals surface area contributed by atoms with Crippen LogP contribution in [0.3, 0.4) is 0 Å². The van der Waals surface area contributed by atoms with Gasteiger partial charge in [-0.15, -0.1) is 0 Å². The second-order valence-electron chi connectivity index (χ2n) is 7.16. The summed E-state index contributed by atoms with van der Waals surface area (Å²) in [7, 11) is 8.06. The van der Waals surface area contributed by atoms with E-state index in [-0.39, 0.29) is 0 Å². The van der Waals surface area contributed by atoms with E-state index in [0.29, 0.717) is 0 Å². The van der Waals surface area contributed by atoms with Crippen LogP contribution in [0.5, 0.6) is 0 Å². The number of nitrogens with one attached hydrogen (secondary N) is 2. The Labute approximate surface area is 159 Å². The molecule has 0 unspecified atom stereocenters. The van der Waals surface area contributed by atoms with E-state index in [0.717, 1.165) is 46.5 Å². The zero-order valence-corrected chi connectivity index (χ0v) is 16.2. The van der Waals surface area contributed by atoms with Gasteiger partial charge in [-0.05, 0) is 50.2 Å². The molecule has 0 aliphatic carbocycles. The van der Waals surface area contributed by atoms with Crippen LogP contribution in [0.1, 0.15) is 5.56 Å². The van der Waals surface area contributed by atoms with E-state index in [2.05, 4.69) is 71.0 Å². The summed E-state index contributed by atoms with van der Waals surface area (Å²) in [5, 5.41) is 4.24. The molecule has 2 N–H and O–H groups in total. The normalized spacial score (nSPS) is 11.7. The first-order valence-electron chi connectivity index (χ1n) is 9.14. The molecule has 6 heteroatoms. The van der Waals surface area contributed by atoms with E-state index < -0.39 is 0 Å². The number of rotatable bonds is 6. The maximum atomic E-state index is 4.72. The smallest absolute Gasteiger partial charge is 0.156 e. The lowest BCUT2D eigenvalue weighted by molar-refractivity contribution is 0.439. The number of aromatic nitrogens is 4. The first-order chi connectivity index (χ1) is 13.1. The average molecular weight is 361 g/mol. The predicted molar refractivity (Wildman–Crippen MR) is 112 cm³/mol. The van der Waals surface area contributed by atoms with Crippen LogP contribution in [-0.4, -0.2) is 52.1 Å². The molecule has 0 bridgehead atoms. The number of hydrogen-bond acceptors (Lipinski definition) is 4. The Morgan fingerprint density at radius 1 is 1.26 bits per heavy atom. The van der Waals surface area contributed by atoms with Crippen LogP contribution in [0.4, 0.5) is 5.82 Å². The summed E-state index contributed by atoms with van der Waals surface area (Å²) in [5.74, 6) is 0.790. The van der Waals surface area contributed by atoms with E-state index in [1.54, 1.807) is 0 Å². The fraction of sp³-hybridized carbons (Fsp3) is 0.286. The van der Waals surface area contributed by atoms with Gasteiger partial charge in [0.15, 0.2) is 5.82 Å². The number of hydrogen-bond donors (Lipinski definition) is 2. The number of anilines is 1. The summed E-state index contributed by atoms with van der Waals surface area (Å²) in [5.41, 5.74) is 6.40. The number of imidazole rings is 1. The van der Waals surface area contributed by atoms with Gasteiger partial charge in [-0.2, -0.15) is 0 Å². The molecule has 139 valence electrons. The van der Waals surface area contributed by atoms with Gasteiger partial charge in [0.2, 0.25) is 0 Å². The molecule has 4 aromatic rings. The molecule has 3 heterocycles. The van der Waals surface area contributed by atoms with E-state index in [1.165, 1.54) is 11.1 Å². The van der Waals surface area contributed by atoms with E-state index in [9.17, 15) is 0 Å². The van der Waals surface area contributed by atoms with Crippen molar-refractivity contribution in [1.29, 1.82) is 0 Å². The van der Waals surface area contributed by atoms with Crippen molar-refractivity contribution in [2.24, 2.45) is 7.05 Å². The molecule has 4 rings (SSSR count). The van der Waals surface area contributed by atoms with E-state index >= 15 is 0 Å². The molecule has 27 heavy (non-hydrogen) atoms. The van der Waals surface area contributed by atoms with Crippen molar-refractivity contribution in [2.45, 2.75) is 6.42 Å². The molecule has 0 aliphatic heterocycles. The molecule has 1 radical (unpaired) electrons. The van der Waals surface area contributed by atoms with Crippen LogP contribution in [0.25, 0.3) is 33.3 Å². The van der Waals surface area contributed by atoms with Gasteiger partial charge in [0, 0.05) is 31.7 Å². The summed E-state index contributed by atoms with van der Waals surface area (Å²) in [6.07, 6.45) is 5.09. The van der Waals surface area contributed by atoms with Gasteiger partial charge < -0.3 is 19.8 Å². The average Bonchev–Trinajstić information content (AvgIpc) is 3.24. The number of nitrogens with zero attached hydrogens (tertiary/aromatic N) is 4. The van der Waals surface area contributed by atoms with Crippen LogP contribution in [0.15, 0.2) is 36.7 Å². The largest absolute Gasteiger partial charge is 0.371 e. The zero-order valence-electron chi connectivity index (χ0n) is 16.2. The number of benzene rings is 1. The fourth-order valence-electron chi connectivity index (χ4n) is 3.48. The highest BCUT2D eigenvalue weighted by Crippen LogP contribution is 2.31. The van der Waals surface area contributed by atoms with Crippen molar-refractivity contribution < 1.29 is 0 Å². The van der Waals surface area contributed by atoms with Crippen LogP contribution in [0.2, 0.25) is 0 Å². The van der Waals surface area contributed by atoms with Crippen molar-refractivity contribution in [3.63, 3.8) is 0 Å². The number of fused-ring (bicyclic) bond motifs is 3. The molecule has 6 nitrogen and oxygen atoms in total. The van der Waals surface area contributed by atoms with Gasteiger partial charge in [-0.3, -0.25) is 0 Å². The number of H-pyrrole nitrogens is 1. The summed E-state index contributed by atoms with van der Waals surface area (Å²) < 4.78 is 2.05. The monoisotopic (exact) mass is 361 g/mol. The summed E-state index contributed by atoms with van der Waals surface area (Å²) in [6.45, 7) is 0.978. The van der Waals surface area contributed by atoms with Gasteiger partial charge in [0.05, 0.1) is 11.8 Å². The standard InChI is InChI=1S/C21H25N6/c1-22-21-18-19(27(4)13-23-18)16-12-17(24-20(16)25-21)15-9-5-7-14(11-15)8-6-10-26(2)3/h5-7,9,11-13H,8,10H2,1-4H3,(H2,22,24,25). The first-order valence-corrected chi connectivity index (χ1v) is 9.14. The molecule has 0 amide bonds. The predicted octanol–water partition coefficient (Wildman–Crippen LogP) is 3.47. The number of aromatic amines is 1. The lowest BCUT2D eigenvalue weighted by atomic mass is 10.0. The van der Waals surface area contributed by atoms with Gasteiger partial charge in [-0.1, -0.05) is 18.2 Å². The second-order valence-corrected chi connectivity index (χ2v) is 7.16. The van der Waals surface area contributed by atoms with Gasteiger partial charge >= 0.3 is 0 Å². The fourth-order valence-corrected chi connectivity index (χ4v) is 3.48. The molecular formula is C21H25N6. The van der Waals surface area contributed by atoms with Crippen LogP contribution >= 0.6 is 0 Å². The van der Waals surface area contributed by atoms with E-state index in [1.807, 2.05) is 25.0 Å². The SMILES string of the molecule is CNc1nc2[nH]c(-c3cccc(C[CH]CN(C)C)c3)cc2c2c1ncn2C. The van der Waals surface area contributed by atoms with E-state index in [4.69, 9.17) is 4.98 Å². The topological polar surface area (TPSA) is 61.8 Å². The Hall–Kier alpha value is -2.86. The maximum absolute atomic E-state index is 4.72. The Kier molecular flexibility index (Phi) is 4.58. The molecule has 0 saturated carbocycles. The summed E-state index contributed by atoms with van der Waals surface area (Å²) in [4.78, 5) is 14.9. The Bertz CT molecular complexity index is 1090. The highest BCUT2D eigenvalue weighted by Gasteiger charge is 2.15. The Morgan fingerprint density at radius 2 is 2.11 bits per heavy atom. The summed E-state index contributed by atoms with van der Waals surface area (Å²) in [6, 6.07) is 10.9. The second kappa shape index (κ2) is 7.04. The third-order valence-electron chi connectivity index (χ3n) is 4.79. The number of pyridine rings is 1. The minimum absolute atomic E-state index is 0.790. The maximum Gasteiger partial charge on any atom is 0.156 e. The molecule has 1 aromatic carbocycles. The first kappa shape index (κ1) is 17.5. The molecule has 0 fully saturated rings. The van der Waals surface area contributed by atoms with Crippen molar-refractivity contribution in [1.82, 2.24) is 24.4 Å². The van der Waals surface area contributed by atoms with Gasteiger partial charge in [0.1, 0.15) is 11.2 Å². The van der Waals surface area contributed by atoms with Crippen LogP contribution in [-0.2, 0) is 13.5 Å². The minimum Gasteiger partial charge on any atom is -0.371 e. The third-order valence-corrected chi connectivity index (χ3v) is 4.79. The van der Waals surface area contributed by atoms with Crippen LogP contribution in [0, 0.1) is 6.42 Å². The molecule has 0 aliphatic rings. The number of aryl methyl sites for hydroxylation is 1. The van der Waals surface area contributed by atoms with Gasteiger partial charge in [0.25, 0.3) is 0 Å². The Morgan fingerprint density at radius 3 is 2.89 bits per heavy atom. The Balaban J connectivity index is 1.74. The third kappa shape index (κ3) is 3.28. The van der Waals surface area contributed by atoms with Crippen molar-refractivity contribution >= 4 is 27.9 Å². The molecule has 0 atom stereocenters. The van der Waals surface area contributed by atoms with Crippen molar-refractivity contribution in [3.8, 4) is 11.3 Å². The molecule has 0 spiro atoms. The van der Waals surface area contributed by atoms with Crippen molar-refractivity contribution in [2.75, 3.05) is 33.0 Å². The molecule has 0 saturated heterocycles. The van der Waals surface area contributed by atoms with Crippen LogP contribution < -0.4 is 5.32 Å². The zero-order chi connectivity index (χ0) is 19.0. The lowest BCUT2D eigenvalue weighted by Crippen LogP contribution is -2.14. The highest BCUT2D eigenvalue weighted by atomic mass is 15.1. The molecular weight excluding hydrogens is 336 g/mol. The quantitative estimate of drug-likeness (QED) is 0.552. The summed E-state index contributed by atoms with van der Waals surface area (Å²) >= 11 is 0. The highest BCUT2D eigenvalue weighted by molar-refractivity contribution is 6.07. The van der Waals surface area contributed by atoms with Gasteiger partial charge in [-0.25, -0.2) is 9.97 Å².